The number of ketones is 2. The number of phenolic OH excluding ortho intramolecular Hbond substituents is 1. The molecule has 0 unspecified atom stereocenters. The fraction of sp³-hybridized carbons (Fsp3) is 0.204. The Labute approximate surface area is 334 Å². The number of Topliss-reactive ketones (excluding diaryl/α,β-unsaturated/α-hetero) is 1. The van der Waals surface area contributed by atoms with Crippen LogP contribution in [0.3, 0.4) is 0 Å². The van der Waals surface area contributed by atoms with E-state index < -0.39 is 35.0 Å². The number of carbonyl (C=O) groups is 4. The highest BCUT2D eigenvalue weighted by Crippen LogP contribution is 2.64. The van der Waals surface area contributed by atoms with Crippen molar-refractivity contribution in [2.24, 2.45) is 23.7 Å². The second kappa shape index (κ2) is 13.7. The SMILES string of the molecule is CCOc1cc([C@H]2C3=CC[C@@H]4C(=O)N(c5ccc(-c6nc7ccccc7o6)cc5)C(=O)[C@@H]4[C@@H]3C[C@H]3C(=O)C(c4ccccc4)=CC(=O)[C@@]23c2ccccc2)ccc1O. The van der Waals surface area contributed by atoms with Gasteiger partial charge < -0.3 is 14.3 Å². The van der Waals surface area contributed by atoms with Gasteiger partial charge >= 0.3 is 0 Å². The van der Waals surface area contributed by atoms with Gasteiger partial charge in [0.15, 0.2) is 28.6 Å². The first-order valence-corrected chi connectivity index (χ1v) is 19.7. The molecule has 286 valence electrons. The first-order valence-electron chi connectivity index (χ1n) is 19.7. The Morgan fingerprint density at radius 2 is 1.53 bits per heavy atom. The van der Waals surface area contributed by atoms with E-state index in [1.54, 1.807) is 42.5 Å². The van der Waals surface area contributed by atoms with Gasteiger partial charge in [0.25, 0.3) is 0 Å². The van der Waals surface area contributed by atoms with Crippen LogP contribution in [-0.4, -0.2) is 40.1 Å². The van der Waals surface area contributed by atoms with E-state index in [-0.39, 0.29) is 47.7 Å². The Hall–Kier alpha value is -6.87. The summed E-state index contributed by atoms with van der Waals surface area (Å²) in [6, 6.07) is 38.3. The average Bonchev–Trinajstić information content (AvgIpc) is 3.81. The summed E-state index contributed by atoms with van der Waals surface area (Å²) in [5.41, 5.74) is 4.31. The summed E-state index contributed by atoms with van der Waals surface area (Å²) in [7, 11) is 0. The van der Waals surface area contributed by atoms with Crippen LogP contribution in [0.25, 0.3) is 28.1 Å². The molecule has 1 saturated heterocycles. The van der Waals surface area contributed by atoms with Crippen LogP contribution >= 0.6 is 0 Å². The number of hydrogen-bond donors (Lipinski definition) is 1. The molecule has 4 aliphatic rings. The van der Waals surface area contributed by atoms with Crippen molar-refractivity contribution in [3.8, 4) is 23.0 Å². The van der Waals surface area contributed by atoms with Gasteiger partial charge in [-0.1, -0.05) is 90.5 Å². The summed E-state index contributed by atoms with van der Waals surface area (Å²) in [5, 5.41) is 10.8. The number of ether oxygens (including phenoxy) is 1. The van der Waals surface area contributed by atoms with Gasteiger partial charge in [0.1, 0.15) is 5.52 Å². The number of para-hydroxylation sites is 2. The molecular weight excluding hydrogens is 729 g/mol. The molecule has 1 saturated carbocycles. The summed E-state index contributed by atoms with van der Waals surface area (Å²) < 4.78 is 11.8. The highest BCUT2D eigenvalue weighted by Gasteiger charge is 2.66. The van der Waals surface area contributed by atoms with Gasteiger partial charge in [-0.15, -0.1) is 0 Å². The third kappa shape index (κ3) is 5.26. The first kappa shape index (κ1) is 35.5. The zero-order chi connectivity index (χ0) is 39.7. The third-order valence-electron chi connectivity index (χ3n) is 12.7. The predicted molar refractivity (Wildman–Crippen MR) is 218 cm³/mol. The number of aromatic hydroxyl groups is 1. The van der Waals surface area contributed by atoms with E-state index in [2.05, 4.69) is 4.98 Å². The van der Waals surface area contributed by atoms with E-state index >= 15 is 9.59 Å². The summed E-state index contributed by atoms with van der Waals surface area (Å²) in [4.78, 5) is 65.7. The number of carbonyl (C=O) groups excluding carboxylic acids is 4. The van der Waals surface area contributed by atoms with Crippen molar-refractivity contribution in [2.75, 3.05) is 11.5 Å². The van der Waals surface area contributed by atoms with Gasteiger partial charge in [0.2, 0.25) is 17.7 Å². The number of oxazole rings is 1. The molecule has 2 amide bonds. The summed E-state index contributed by atoms with van der Waals surface area (Å²) >= 11 is 0. The molecule has 58 heavy (non-hydrogen) atoms. The molecule has 10 rings (SSSR count). The topological polar surface area (TPSA) is 127 Å². The minimum absolute atomic E-state index is 0.0485. The zero-order valence-corrected chi connectivity index (χ0v) is 31.6. The summed E-state index contributed by atoms with van der Waals surface area (Å²) in [5.74, 6) is -3.96. The summed E-state index contributed by atoms with van der Waals surface area (Å²) in [6.07, 6.45) is 4.01. The molecule has 1 aliphatic heterocycles. The minimum atomic E-state index is -1.39. The van der Waals surface area contributed by atoms with Crippen LogP contribution in [-0.2, 0) is 24.6 Å². The Balaban J connectivity index is 1.10. The van der Waals surface area contributed by atoms with Crippen molar-refractivity contribution >= 4 is 45.7 Å². The molecule has 9 nitrogen and oxygen atoms in total. The Morgan fingerprint density at radius 1 is 0.810 bits per heavy atom. The zero-order valence-electron chi connectivity index (χ0n) is 31.6. The van der Waals surface area contributed by atoms with Crippen LogP contribution in [0, 0.1) is 23.7 Å². The van der Waals surface area contributed by atoms with E-state index in [9.17, 15) is 14.7 Å². The van der Waals surface area contributed by atoms with Crippen LogP contribution in [0.2, 0.25) is 0 Å². The number of rotatable bonds is 7. The van der Waals surface area contributed by atoms with Gasteiger partial charge in [0.05, 0.1) is 29.5 Å². The van der Waals surface area contributed by atoms with Crippen LogP contribution in [0.15, 0.2) is 150 Å². The fourth-order valence-electron chi connectivity index (χ4n) is 10.2. The Morgan fingerprint density at radius 3 is 2.28 bits per heavy atom. The lowest BCUT2D eigenvalue weighted by Crippen LogP contribution is -2.58. The van der Waals surface area contributed by atoms with E-state index in [1.165, 1.54) is 11.0 Å². The largest absolute Gasteiger partial charge is 0.504 e. The number of benzene rings is 5. The maximum Gasteiger partial charge on any atom is 0.238 e. The fourth-order valence-corrected chi connectivity index (χ4v) is 10.2. The standard InChI is InChI=1S/C49H38N2O7/c1-2-57-41-25-30(19-24-39(41)52)44-33-22-23-34-43(48(56)51(47(34)55)32-20-17-29(18-21-32)46-50-38-15-9-10-16-40(38)58-46)36(33)26-37-45(54)35(28-11-5-3-6-12-28)27-42(53)49(37,44)31-13-7-4-8-14-31/h3-22,24-25,27,34,36-37,43-44,52H,2,23,26H2,1H3/t34-,36+,37-,43-,44-,49-/m0/s1. The number of phenols is 1. The maximum absolute atomic E-state index is 15.3. The lowest BCUT2D eigenvalue weighted by atomic mass is 9.44. The number of imide groups is 1. The number of nitrogens with zero attached hydrogens (tertiary/aromatic N) is 2. The van der Waals surface area contributed by atoms with Crippen molar-refractivity contribution in [3.05, 3.63) is 162 Å². The normalized spacial score (nSPS) is 25.2. The molecule has 0 bridgehead atoms. The Bertz CT molecular complexity index is 2680. The maximum atomic E-state index is 15.3. The molecule has 6 atom stereocenters. The van der Waals surface area contributed by atoms with Crippen molar-refractivity contribution < 1.29 is 33.4 Å². The third-order valence-corrected chi connectivity index (χ3v) is 12.7. The number of amides is 2. The van der Waals surface area contributed by atoms with E-state index in [1.807, 2.05) is 97.9 Å². The number of allylic oxidation sites excluding steroid dienone is 4. The van der Waals surface area contributed by atoms with E-state index in [4.69, 9.17) is 9.15 Å². The second-order valence-corrected chi connectivity index (χ2v) is 15.5. The smallest absolute Gasteiger partial charge is 0.238 e. The quantitative estimate of drug-likeness (QED) is 0.126. The molecule has 5 aromatic carbocycles. The molecule has 1 aromatic heterocycles. The number of aromatic nitrogens is 1. The Kier molecular flexibility index (Phi) is 8.37. The lowest BCUT2D eigenvalue weighted by molar-refractivity contribution is -0.135. The molecule has 0 radical (unpaired) electrons. The predicted octanol–water partition coefficient (Wildman–Crippen LogP) is 8.63. The molecule has 9 heteroatoms. The van der Waals surface area contributed by atoms with E-state index in [0.717, 1.165) is 11.1 Å². The van der Waals surface area contributed by atoms with Gasteiger partial charge in [-0.25, -0.2) is 4.98 Å². The molecular formula is C49H38N2O7. The number of hydrogen-bond acceptors (Lipinski definition) is 8. The lowest BCUT2D eigenvalue weighted by Gasteiger charge is -2.55. The van der Waals surface area contributed by atoms with Gasteiger partial charge in [-0.05, 0) is 97.0 Å². The van der Waals surface area contributed by atoms with Crippen LogP contribution in [0.1, 0.15) is 42.4 Å². The van der Waals surface area contributed by atoms with Gasteiger partial charge in [-0.3, -0.25) is 24.1 Å². The summed E-state index contributed by atoms with van der Waals surface area (Å²) in [6.45, 7) is 2.12. The highest BCUT2D eigenvalue weighted by atomic mass is 16.5. The first-order chi connectivity index (χ1) is 28.3. The van der Waals surface area contributed by atoms with Crippen molar-refractivity contribution in [1.82, 2.24) is 4.98 Å². The highest BCUT2D eigenvalue weighted by molar-refractivity contribution is 6.32. The second-order valence-electron chi connectivity index (χ2n) is 15.5. The monoisotopic (exact) mass is 766 g/mol. The molecule has 6 aromatic rings. The van der Waals surface area contributed by atoms with Crippen molar-refractivity contribution in [3.63, 3.8) is 0 Å². The van der Waals surface area contributed by atoms with Crippen LogP contribution in [0.5, 0.6) is 11.5 Å². The average molecular weight is 767 g/mol. The molecule has 0 spiro atoms. The van der Waals surface area contributed by atoms with Crippen molar-refractivity contribution in [1.29, 1.82) is 0 Å². The van der Waals surface area contributed by atoms with Crippen LogP contribution < -0.4 is 9.64 Å². The molecule has 1 N–H and O–H groups in total. The molecule has 2 fully saturated rings. The number of fused-ring (bicyclic) bond motifs is 5. The van der Waals surface area contributed by atoms with Crippen molar-refractivity contribution in [2.45, 2.75) is 31.1 Å². The molecule has 2 heterocycles. The van der Waals surface area contributed by atoms with Gasteiger partial charge in [-0.2, -0.15) is 0 Å². The van der Waals surface area contributed by atoms with Crippen LogP contribution in [0.4, 0.5) is 5.69 Å². The van der Waals surface area contributed by atoms with E-state index in [0.29, 0.717) is 51.6 Å². The minimum Gasteiger partial charge on any atom is -0.504 e. The number of anilines is 1. The molecule has 3 aliphatic carbocycles. The van der Waals surface area contributed by atoms with Gasteiger partial charge in [0, 0.05) is 23.0 Å².